The third-order valence-corrected chi connectivity index (χ3v) is 3.84. The van der Waals surface area contributed by atoms with Crippen molar-refractivity contribution >= 4 is 23.6 Å². The number of imide groups is 1. The molecule has 0 N–H and O–H groups in total. The van der Waals surface area contributed by atoms with Gasteiger partial charge in [0.2, 0.25) is 11.8 Å². The minimum absolute atomic E-state index is 0.0502. The van der Waals surface area contributed by atoms with Gasteiger partial charge in [0.1, 0.15) is 6.04 Å². The number of rotatable bonds is 6. The van der Waals surface area contributed by atoms with E-state index in [-0.39, 0.29) is 25.2 Å². The van der Waals surface area contributed by atoms with Crippen molar-refractivity contribution in [3.05, 3.63) is 35.9 Å². The number of hydrogen-bond acceptors (Lipinski definition) is 5. The van der Waals surface area contributed by atoms with Crippen LogP contribution in [0.25, 0.3) is 0 Å². The number of Topliss-reactive ketones (excluding diaryl/α,β-unsaturated/α-hetero) is 1. The number of nitrogens with zero attached hydrogens (tertiary/aromatic N) is 1. The lowest BCUT2D eigenvalue weighted by atomic mass is 9.79. The van der Waals surface area contributed by atoms with Crippen LogP contribution in [-0.4, -0.2) is 41.1 Å². The number of hydrogen-bond donors (Lipinski definition) is 0. The lowest BCUT2D eigenvalue weighted by molar-refractivity contribution is -0.163. The van der Waals surface area contributed by atoms with E-state index >= 15 is 0 Å². The number of esters is 1. The number of ketones is 1. The maximum Gasteiger partial charge on any atom is 0.305 e. The van der Waals surface area contributed by atoms with Crippen LogP contribution in [0.4, 0.5) is 0 Å². The first-order chi connectivity index (χ1) is 11.0. The highest BCUT2D eigenvalue weighted by molar-refractivity contribution is 6.14. The Bertz CT molecular complexity index is 625. The highest BCUT2D eigenvalue weighted by Gasteiger charge is 2.52. The van der Waals surface area contributed by atoms with Crippen molar-refractivity contribution in [3.8, 4) is 0 Å². The highest BCUT2D eigenvalue weighted by Crippen LogP contribution is 2.33. The van der Waals surface area contributed by atoms with Crippen LogP contribution < -0.4 is 0 Å². The van der Waals surface area contributed by atoms with E-state index < -0.39 is 29.7 Å². The fourth-order valence-corrected chi connectivity index (χ4v) is 2.76. The Hall–Kier alpha value is -2.50. The summed E-state index contributed by atoms with van der Waals surface area (Å²) in [6.07, 6.45) is 0.249. The predicted octanol–water partition coefficient (Wildman–Crippen LogP) is 1.59. The van der Waals surface area contributed by atoms with E-state index in [1.165, 1.54) is 6.92 Å². The van der Waals surface area contributed by atoms with E-state index in [1.54, 1.807) is 37.3 Å². The van der Waals surface area contributed by atoms with Crippen molar-refractivity contribution in [2.75, 3.05) is 6.61 Å². The van der Waals surface area contributed by atoms with Gasteiger partial charge in [-0.1, -0.05) is 30.3 Å². The lowest BCUT2D eigenvalue weighted by Crippen LogP contribution is -2.65. The summed E-state index contributed by atoms with van der Waals surface area (Å²) in [6.45, 7) is 3.22. The number of likely N-dealkylation sites (tertiary alicyclic amines) is 1. The monoisotopic (exact) mass is 317 g/mol. The molecule has 6 heteroatoms. The Labute approximate surface area is 134 Å². The second kappa shape index (κ2) is 7.17. The average molecular weight is 317 g/mol. The van der Waals surface area contributed by atoms with Gasteiger partial charge in [0.15, 0.2) is 5.78 Å². The van der Waals surface area contributed by atoms with Crippen LogP contribution in [0.5, 0.6) is 0 Å². The van der Waals surface area contributed by atoms with E-state index in [2.05, 4.69) is 0 Å². The predicted molar refractivity (Wildman–Crippen MR) is 81.4 cm³/mol. The molecule has 1 aliphatic rings. The first kappa shape index (κ1) is 16.9. The fourth-order valence-electron chi connectivity index (χ4n) is 2.76. The van der Waals surface area contributed by atoms with Gasteiger partial charge in [-0.15, -0.1) is 0 Å². The van der Waals surface area contributed by atoms with Gasteiger partial charge in [0.25, 0.3) is 0 Å². The standard InChI is InChI=1S/C17H19NO5/c1-3-23-14(20)10-9-13-15(18(11(2)19)17(13)22)16(21)12-7-5-4-6-8-12/h4-8,13,15H,3,9-10H2,1-2H3/t13-,15-/m1/s1. The molecule has 0 radical (unpaired) electrons. The van der Waals surface area contributed by atoms with Crippen molar-refractivity contribution < 1.29 is 23.9 Å². The van der Waals surface area contributed by atoms with Gasteiger partial charge < -0.3 is 4.74 Å². The minimum atomic E-state index is -0.836. The number of amides is 2. The third-order valence-electron chi connectivity index (χ3n) is 3.84. The molecular formula is C17H19NO5. The van der Waals surface area contributed by atoms with Crippen LogP contribution in [0.1, 0.15) is 37.0 Å². The highest BCUT2D eigenvalue weighted by atomic mass is 16.5. The summed E-state index contributed by atoms with van der Waals surface area (Å²) in [4.78, 5) is 48.8. The average Bonchev–Trinajstić information content (AvgIpc) is 2.52. The van der Waals surface area contributed by atoms with Crippen LogP contribution in [0, 0.1) is 5.92 Å². The van der Waals surface area contributed by atoms with E-state index in [0.717, 1.165) is 4.90 Å². The SMILES string of the molecule is CCOC(=O)CC[C@H]1C(=O)N(C(C)=O)[C@H]1C(=O)c1ccccc1. The fraction of sp³-hybridized carbons (Fsp3) is 0.412. The molecule has 1 aromatic carbocycles. The zero-order chi connectivity index (χ0) is 17.0. The molecule has 1 heterocycles. The van der Waals surface area contributed by atoms with Gasteiger partial charge in [-0.2, -0.15) is 0 Å². The maximum atomic E-state index is 12.6. The van der Waals surface area contributed by atoms with Crippen LogP contribution in [-0.2, 0) is 19.1 Å². The molecule has 0 aromatic heterocycles. The molecule has 6 nitrogen and oxygen atoms in total. The molecular weight excluding hydrogens is 298 g/mol. The molecule has 0 unspecified atom stereocenters. The summed E-state index contributed by atoms with van der Waals surface area (Å²) in [5, 5.41) is 0. The first-order valence-corrected chi connectivity index (χ1v) is 7.55. The molecule has 0 saturated carbocycles. The van der Waals surface area contributed by atoms with Crippen LogP contribution in [0.2, 0.25) is 0 Å². The number of ether oxygens (including phenoxy) is 1. The van der Waals surface area contributed by atoms with E-state index in [9.17, 15) is 19.2 Å². The zero-order valence-corrected chi connectivity index (χ0v) is 13.2. The molecule has 122 valence electrons. The summed E-state index contributed by atoms with van der Waals surface area (Å²) in [5.41, 5.74) is 0.442. The number of carbonyl (C=O) groups is 4. The Morgan fingerprint density at radius 2 is 1.83 bits per heavy atom. The van der Waals surface area contributed by atoms with Gasteiger partial charge in [-0.3, -0.25) is 24.1 Å². The number of carbonyl (C=O) groups excluding carboxylic acids is 4. The smallest absolute Gasteiger partial charge is 0.305 e. The molecule has 2 amide bonds. The summed E-state index contributed by atoms with van der Waals surface area (Å²) in [5.74, 6) is -2.22. The summed E-state index contributed by atoms with van der Waals surface area (Å²) in [6, 6.07) is 7.68. The van der Waals surface area contributed by atoms with Crippen molar-refractivity contribution in [2.24, 2.45) is 5.92 Å². The third kappa shape index (κ3) is 3.47. The molecule has 1 saturated heterocycles. The second-order valence-corrected chi connectivity index (χ2v) is 5.35. The first-order valence-electron chi connectivity index (χ1n) is 7.55. The largest absolute Gasteiger partial charge is 0.466 e. The van der Waals surface area contributed by atoms with Crippen LogP contribution >= 0.6 is 0 Å². The topological polar surface area (TPSA) is 80.8 Å². The lowest BCUT2D eigenvalue weighted by Gasteiger charge is -2.44. The van der Waals surface area contributed by atoms with Crippen molar-refractivity contribution in [2.45, 2.75) is 32.7 Å². The Kier molecular flexibility index (Phi) is 5.26. The Balaban J connectivity index is 2.14. The molecule has 0 bridgehead atoms. The van der Waals surface area contributed by atoms with Gasteiger partial charge >= 0.3 is 5.97 Å². The summed E-state index contributed by atoms with van der Waals surface area (Å²) in [7, 11) is 0. The van der Waals surface area contributed by atoms with Crippen molar-refractivity contribution in [3.63, 3.8) is 0 Å². The molecule has 1 fully saturated rings. The van der Waals surface area contributed by atoms with Crippen LogP contribution in [0.15, 0.2) is 30.3 Å². The second-order valence-electron chi connectivity index (χ2n) is 5.35. The summed E-state index contributed by atoms with van der Waals surface area (Å²) >= 11 is 0. The Morgan fingerprint density at radius 3 is 2.39 bits per heavy atom. The van der Waals surface area contributed by atoms with Gasteiger partial charge in [0, 0.05) is 18.9 Å². The summed E-state index contributed by atoms with van der Waals surface area (Å²) < 4.78 is 4.84. The number of benzene rings is 1. The minimum Gasteiger partial charge on any atom is -0.466 e. The van der Waals surface area contributed by atoms with Crippen molar-refractivity contribution in [1.82, 2.24) is 4.90 Å². The van der Waals surface area contributed by atoms with E-state index in [1.807, 2.05) is 0 Å². The zero-order valence-electron chi connectivity index (χ0n) is 13.2. The van der Waals surface area contributed by atoms with Gasteiger partial charge in [-0.25, -0.2) is 0 Å². The van der Waals surface area contributed by atoms with Crippen molar-refractivity contribution in [1.29, 1.82) is 0 Å². The normalized spacial score (nSPS) is 19.9. The number of β-lactam (4-membered cyclic amide) rings is 1. The van der Waals surface area contributed by atoms with Gasteiger partial charge in [-0.05, 0) is 13.3 Å². The molecule has 0 spiro atoms. The van der Waals surface area contributed by atoms with Gasteiger partial charge in [0.05, 0.1) is 12.5 Å². The molecule has 23 heavy (non-hydrogen) atoms. The van der Waals surface area contributed by atoms with E-state index in [0.29, 0.717) is 5.56 Å². The molecule has 2 atom stereocenters. The van der Waals surface area contributed by atoms with Crippen LogP contribution in [0.3, 0.4) is 0 Å². The molecule has 1 aliphatic heterocycles. The molecule has 0 aliphatic carbocycles. The Morgan fingerprint density at radius 1 is 1.17 bits per heavy atom. The molecule has 2 rings (SSSR count). The molecule has 1 aromatic rings. The maximum absolute atomic E-state index is 12.6. The quantitative estimate of drug-likeness (QED) is 0.452. The van der Waals surface area contributed by atoms with E-state index in [4.69, 9.17) is 4.74 Å².